The number of piperazine rings is 1. The predicted molar refractivity (Wildman–Crippen MR) is 146 cm³/mol. The molecule has 2 bridgehead atoms. The second-order valence-electron chi connectivity index (χ2n) is 10.7. The Morgan fingerprint density at radius 3 is 2.39 bits per heavy atom. The van der Waals surface area contributed by atoms with E-state index in [2.05, 4.69) is 16.3 Å². The molecule has 4 aliphatic heterocycles. The van der Waals surface area contributed by atoms with Crippen molar-refractivity contribution in [2.75, 3.05) is 36.8 Å². The number of rotatable bonds is 5. The number of nitrogens with one attached hydrogen (secondary N) is 1. The van der Waals surface area contributed by atoms with Crippen LogP contribution in [0.25, 0.3) is 0 Å². The van der Waals surface area contributed by atoms with Gasteiger partial charge in [-0.05, 0) is 55.7 Å². The fraction of sp³-hybridized carbons (Fsp3) is 0.444. The largest absolute Gasteiger partial charge is 0.362 e. The third-order valence-corrected chi connectivity index (χ3v) is 10.1. The van der Waals surface area contributed by atoms with Crippen molar-refractivity contribution in [1.82, 2.24) is 15.1 Å². The van der Waals surface area contributed by atoms with E-state index in [1.54, 1.807) is 23.1 Å². The lowest BCUT2D eigenvalue weighted by molar-refractivity contribution is -0.137. The summed E-state index contributed by atoms with van der Waals surface area (Å²) in [6, 6.07) is 13.1. The van der Waals surface area contributed by atoms with Crippen LogP contribution in [0.1, 0.15) is 36.0 Å². The van der Waals surface area contributed by atoms with Crippen molar-refractivity contribution in [1.29, 1.82) is 0 Å². The van der Waals surface area contributed by atoms with E-state index in [1.807, 2.05) is 23.1 Å². The van der Waals surface area contributed by atoms with Crippen LogP contribution in [-0.2, 0) is 20.4 Å². The Morgan fingerprint density at radius 1 is 1.03 bits per heavy atom. The lowest BCUT2D eigenvalue weighted by Gasteiger charge is -2.47. The van der Waals surface area contributed by atoms with Crippen LogP contribution in [0.15, 0.2) is 47.4 Å². The van der Waals surface area contributed by atoms with E-state index in [0.29, 0.717) is 48.1 Å². The lowest BCUT2D eigenvalue weighted by Crippen LogP contribution is -2.68. The molecule has 2 aromatic rings. The van der Waals surface area contributed by atoms with Crippen molar-refractivity contribution < 1.29 is 18.6 Å². The first kappa shape index (κ1) is 25.6. The van der Waals surface area contributed by atoms with Gasteiger partial charge >= 0.3 is 0 Å². The molecule has 0 radical (unpaired) electrons. The number of fused-ring (bicyclic) bond motifs is 2. The number of likely N-dealkylation sites (tertiary alicyclic amines) is 2. The SMILES string of the molecule is O=C1CCC2(CN(C(=O)CS(=O)c3ccc(C(=O)N4CC5CCC(C4)N5c4cccc(Cl)c4)cc3Cl)C2)N1. The van der Waals surface area contributed by atoms with Gasteiger partial charge in [0.05, 0.1) is 26.3 Å². The molecule has 3 atom stereocenters. The van der Waals surface area contributed by atoms with E-state index >= 15 is 0 Å². The highest BCUT2D eigenvalue weighted by Gasteiger charge is 2.49. The van der Waals surface area contributed by atoms with Gasteiger partial charge in [0.1, 0.15) is 5.75 Å². The summed E-state index contributed by atoms with van der Waals surface area (Å²) in [5.74, 6) is -0.518. The van der Waals surface area contributed by atoms with Crippen molar-refractivity contribution in [2.45, 2.75) is 48.2 Å². The zero-order chi connectivity index (χ0) is 26.6. The highest BCUT2D eigenvalue weighted by molar-refractivity contribution is 7.85. The second-order valence-corrected chi connectivity index (χ2v) is 13.0. The van der Waals surface area contributed by atoms with E-state index in [9.17, 15) is 18.6 Å². The maximum Gasteiger partial charge on any atom is 0.254 e. The Kier molecular flexibility index (Phi) is 6.64. The maximum atomic E-state index is 13.4. The minimum atomic E-state index is -1.64. The van der Waals surface area contributed by atoms with Crippen molar-refractivity contribution in [3.05, 3.63) is 58.1 Å². The zero-order valence-corrected chi connectivity index (χ0v) is 23.0. The van der Waals surface area contributed by atoms with Gasteiger partial charge in [0.2, 0.25) is 11.8 Å². The molecule has 4 aliphatic rings. The summed E-state index contributed by atoms with van der Waals surface area (Å²) in [5.41, 5.74) is 1.22. The number of nitrogens with zero attached hydrogens (tertiary/aromatic N) is 3. The quantitative estimate of drug-likeness (QED) is 0.592. The van der Waals surface area contributed by atoms with Gasteiger partial charge < -0.3 is 20.0 Å². The Labute approximate surface area is 233 Å². The van der Waals surface area contributed by atoms with Crippen LogP contribution in [-0.4, -0.2) is 81.3 Å². The number of anilines is 1. The lowest BCUT2D eigenvalue weighted by atomic mass is 9.88. The summed E-state index contributed by atoms with van der Waals surface area (Å²) in [6.45, 7) is 2.11. The minimum Gasteiger partial charge on any atom is -0.362 e. The standard InChI is InChI=1S/C27H28Cl2N4O4S/c28-18-2-1-3-19(11-18)33-20-5-6-21(33)13-31(12-20)26(36)17-4-7-23(22(29)10-17)38(37)14-25(35)32-15-27(16-32)9-8-24(34)30-27/h1-4,7,10-11,20-21H,5-6,8-9,12-16H2,(H,30,34). The molecule has 3 amide bonds. The number of carbonyl (C=O) groups excluding carboxylic acids is 3. The maximum absolute atomic E-state index is 13.4. The normalized spacial score (nSPS) is 24.4. The average Bonchev–Trinajstić information content (AvgIpc) is 3.39. The van der Waals surface area contributed by atoms with Gasteiger partial charge in [-0.15, -0.1) is 0 Å². The highest BCUT2D eigenvalue weighted by atomic mass is 35.5. The van der Waals surface area contributed by atoms with Crippen molar-refractivity contribution in [2.24, 2.45) is 0 Å². The monoisotopic (exact) mass is 574 g/mol. The molecular weight excluding hydrogens is 547 g/mol. The minimum absolute atomic E-state index is 0.0118. The highest BCUT2D eigenvalue weighted by Crippen LogP contribution is 2.36. The summed E-state index contributed by atoms with van der Waals surface area (Å²) in [6.07, 6.45) is 3.22. The summed E-state index contributed by atoms with van der Waals surface area (Å²) in [5, 5.41) is 3.85. The van der Waals surface area contributed by atoms with Gasteiger partial charge in [0, 0.05) is 61.0 Å². The van der Waals surface area contributed by atoms with E-state index in [0.717, 1.165) is 24.9 Å². The molecule has 200 valence electrons. The van der Waals surface area contributed by atoms with Gasteiger partial charge in [0.15, 0.2) is 0 Å². The van der Waals surface area contributed by atoms with Crippen LogP contribution in [0, 0.1) is 0 Å². The molecule has 3 unspecified atom stereocenters. The molecule has 11 heteroatoms. The average molecular weight is 576 g/mol. The Hall–Kier alpha value is -2.62. The first-order valence-corrected chi connectivity index (χ1v) is 14.9. The van der Waals surface area contributed by atoms with Gasteiger partial charge in [-0.2, -0.15) is 0 Å². The van der Waals surface area contributed by atoms with E-state index in [-0.39, 0.29) is 46.1 Å². The predicted octanol–water partition coefficient (Wildman–Crippen LogP) is 3.09. The summed E-state index contributed by atoms with van der Waals surface area (Å²) < 4.78 is 13.0. The molecule has 2 aromatic carbocycles. The number of halogens is 2. The van der Waals surface area contributed by atoms with Crippen molar-refractivity contribution in [3.8, 4) is 0 Å². The first-order chi connectivity index (χ1) is 18.2. The van der Waals surface area contributed by atoms with Crippen LogP contribution in [0.3, 0.4) is 0 Å². The van der Waals surface area contributed by atoms with Crippen LogP contribution in [0.2, 0.25) is 10.0 Å². The fourth-order valence-electron chi connectivity index (χ4n) is 6.28. The van der Waals surface area contributed by atoms with Crippen LogP contribution < -0.4 is 10.2 Å². The van der Waals surface area contributed by atoms with Crippen LogP contribution in [0.4, 0.5) is 5.69 Å². The smallest absolute Gasteiger partial charge is 0.254 e. The van der Waals surface area contributed by atoms with Gasteiger partial charge in [-0.1, -0.05) is 29.3 Å². The number of hydrogen-bond acceptors (Lipinski definition) is 5. The Balaban J connectivity index is 1.08. The molecule has 8 nitrogen and oxygen atoms in total. The summed E-state index contributed by atoms with van der Waals surface area (Å²) >= 11 is 12.7. The summed E-state index contributed by atoms with van der Waals surface area (Å²) in [4.78, 5) is 43.7. The van der Waals surface area contributed by atoms with Crippen molar-refractivity contribution >= 4 is 57.4 Å². The number of carbonyl (C=O) groups is 3. The molecule has 4 saturated heterocycles. The molecule has 4 heterocycles. The number of hydrogen-bond donors (Lipinski definition) is 1. The van der Waals surface area contributed by atoms with E-state index in [4.69, 9.17) is 23.2 Å². The van der Waals surface area contributed by atoms with Crippen LogP contribution >= 0.6 is 23.2 Å². The van der Waals surface area contributed by atoms with Gasteiger partial charge in [-0.3, -0.25) is 18.6 Å². The van der Waals surface area contributed by atoms with E-state index < -0.39 is 10.8 Å². The summed E-state index contributed by atoms with van der Waals surface area (Å²) in [7, 11) is -1.64. The van der Waals surface area contributed by atoms with Crippen LogP contribution in [0.5, 0.6) is 0 Å². The molecule has 4 fully saturated rings. The molecule has 0 aliphatic carbocycles. The second kappa shape index (κ2) is 9.84. The molecule has 0 aromatic heterocycles. The third-order valence-electron chi connectivity index (χ3n) is 8.13. The Bertz CT molecular complexity index is 1330. The molecule has 1 N–H and O–H groups in total. The zero-order valence-electron chi connectivity index (χ0n) is 20.7. The molecule has 38 heavy (non-hydrogen) atoms. The number of benzene rings is 2. The van der Waals surface area contributed by atoms with Gasteiger partial charge in [0.25, 0.3) is 5.91 Å². The van der Waals surface area contributed by atoms with E-state index in [1.165, 1.54) is 0 Å². The molecule has 1 spiro atoms. The van der Waals surface area contributed by atoms with Crippen molar-refractivity contribution in [3.63, 3.8) is 0 Å². The number of amides is 3. The molecular formula is C27H28Cl2N4O4S. The first-order valence-electron chi connectivity index (χ1n) is 12.8. The fourth-order valence-corrected chi connectivity index (χ4v) is 7.96. The molecule has 6 rings (SSSR count). The molecule has 0 saturated carbocycles. The van der Waals surface area contributed by atoms with Gasteiger partial charge in [-0.25, -0.2) is 0 Å². The Morgan fingerprint density at radius 2 is 1.76 bits per heavy atom. The third kappa shape index (κ3) is 4.69. The topological polar surface area (TPSA) is 90.0 Å².